The number of halogens is 3. The maximum Gasteiger partial charge on any atom is 0.416 e. The fraction of sp³-hybridized carbons (Fsp3) is 0.529. The molecule has 2 fully saturated rings. The van der Waals surface area contributed by atoms with Crippen LogP contribution in [0.15, 0.2) is 24.3 Å². The molecule has 0 amide bonds. The van der Waals surface area contributed by atoms with Crippen molar-refractivity contribution in [3.8, 4) is 0 Å². The summed E-state index contributed by atoms with van der Waals surface area (Å²) in [7, 11) is 0. The Kier molecular flexibility index (Phi) is 4.04. The van der Waals surface area contributed by atoms with Gasteiger partial charge in [0, 0.05) is 26.1 Å². The van der Waals surface area contributed by atoms with E-state index in [1.165, 1.54) is 18.2 Å². The average molecular weight is 326 g/mol. The maximum absolute atomic E-state index is 13.2. The minimum atomic E-state index is -4.58. The van der Waals surface area contributed by atoms with Crippen LogP contribution in [0.3, 0.4) is 0 Å². The summed E-state index contributed by atoms with van der Waals surface area (Å²) in [5.41, 5.74) is -1.53. The quantitative estimate of drug-likeness (QED) is 0.742. The monoisotopic (exact) mass is 326 g/mol. The first kappa shape index (κ1) is 16.2. The summed E-state index contributed by atoms with van der Waals surface area (Å²) in [6.45, 7) is 0.981. The third-order valence-corrected chi connectivity index (χ3v) is 4.87. The molecule has 1 saturated carbocycles. The number of carbonyl (C=O) groups is 2. The van der Waals surface area contributed by atoms with Crippen molar-refractivity contribution in [2.45, 2.75) is 37.8 Å². The van der Waals surface area contributed by atoms with Gasteiger partial charge in [-0.05, 0) is 29.9 Å². The van der Waals surface area contributed by atoms with Crippen LogP contribution in [0.25, 0.3) is 0 Å². The molecule has 23 heavy (non-hydrogen) atoms. The second-order valence-electron chi connectivity index (χ2n) is 6.42. The third-order valence-electron chi connectivity index (χ3n) is 4.87. The molecule has 2 aliphatic rings. The highest BCUT2D eigenvalue weighted by atomic mass is 19.4. The van der Waals surface area contributed by atoms with Crippen LogP contribution in [0, 0.1) is 5.41 Å². The lowest BCUT2D eigenvalue weighted by molar-refractivity contribution is -0.142. The largest absolute Gasteiger partial charge is 0.416 e. The molecule has 0 aromatic heterocycles. The highest BCUT2D eigenvalue weighted by molar-refractivity contribution is 6.10. The first-order chi connectivity index (χ1) is 10.8. The second-order valence-corrected chi connectivity index (χ2v) is 6.42. The van der Waals surface area contributed by atoms with E-state index in [9.17, 15) is 22.8 Å². The van der Waals surface area contributed by atoms with Crippen molar-refractivity contribution in [2.24, 2.45) is 5.41 Å². The molecule has 1 aromatic carbocycles. The Morgan fingerprint density at radius 1 is 1.00 bits per heavy atom. The minimum absolute atomic E-state index is 0.152. The molecule has 0 radical (unpaired) electrons. The normalized spacial score (nSPS) is 22.6. The summed E-state index contributed by atoms with van der Waals surface area (Å²) in [5.74, 6) is -2.10. The smallest absolute Gasteiger partial charge is 0.381 e. The van der Waals surface area contributed by atoms with Gasteiger partial charge in [-0.25, -0.2) is 0 Å². The molecule has 0 unspecified atom stereocenters. The van der Waals surface area contributed by atoms with Crippen molar-refractivity contribution < 1.29 is 27.5 Å². The van der Waals surface area contributed by atoms with Crippen molar-refractivity contribution in [1.29, 1.82) is 0 Å². The first-order valence-corrected chi connectivity index (χ1v) is 7.62. The number of ketones is 2. The van der Waals surface area contributed by atoms with Gasteiger partial charge in [-0.3, -0.25) is 9.59 Å². The van der Waals surface area contributed by atoms with E-state index >= 15 is 0 Å². The zero-order valence-electron chi connectivity index (χ0n) is 12.5. The van der Waals surface area contributed by atoms with Gasteiger partial charge in [0.25, 0.3) is 0 Å². The van der Waals surface area contributed by atoms with Gasteiger partial charge in [-0.2, -0.15) is 13.2 Å². The van der Waals surface area contributed by atoms with Gasteiger partial charge >= 0.3 is 6.18 Å². The fourth-order valence-corrected chi connectivity index (χ4v) is 3.70. The first-order valence-electron chi connectivity index (χ1n) is 7.62. The van der Waals surface area contributed by atoms with Gasteiger partial charge in [0.05, 0.1) is 5.56 Å². The molecule has 6 heteroatoms. The average Bonchev–Trinajstić information content (AvgIpc) is 2.46. The van der Waals surface area contributed by atoms with E-state index in [1.54, 1.807) is 0 Å². The lowest BCUT2D eigenvalue weighted by Crippen LogP contribution is -2.43. The highest BCUT2D eigenvalue weighted by Crippen LogP contribution is 2.47. The van der Waals surface area contributed by atoms with Crippen LogP contribution in [0.2, 0.25) is 0 Å². The van der Waals surface area contributed by atoms with Crippen LogP contribution in [-0.4, -0.2) is 24.8 Å². The number of hydrogen-bond acceptors (Lipinski definition) is 3. The van der Waals surface area contributed by atoms with Crippen LogP contribution in [0.5, 0.6) is 0 Å². The summed E-state index contributed by atoms with van der Waals surface area (Å²) < 4.78 is 44.8. The van der Waals surface area contributed by atoms with Crippen molar-refractivity contribution in [1.82, 2.24) is 0 Å². The van der Waals surface area contributed by atoms with Gasteiger partial charge in [-0.15, -0.1) is 0 Å². The molecular formula is C17H17F3O3. The van der Waals surface area contributed by atoms with Crippen LogP contribution in [0.1, 0.15) is 42.7 Å². The topological polar surface area (TPSA) is 43.4 Å². The molecule has 3 nitrogen and oxygen atoms in total. The van der Waals surface area contributed by atoms with E-state index in [4.69, 9.17) is 4.74 Å². The molecule has 1 saturated heterocycles. The molecule has 1 aromatic rings. The predicted molar refractivity (Wildman–Crippen MR) is 75.9 cm³/mol. The molecular weight excluding hydrogens is 309 g/mol. The highest BCUT2D eigenvalue weighted by Gasteiger charge is 2.48. The predicted octanol–water partition coefficient (Wildman–Crippen LogP) is 3.52. The van der Waals surface area contributed by atoms with Crippen molar-refractivity contribution in [3.05, 3.63) is 35.4 Å². The molecule has 3 rings (SSSR count). The van der Waals surface area contributed by atoms with Crippen LogP contribution in [-0.2, 0) is 20.5 Å². The molecule has 1 aliphatic carbocycles. The van der Waals surface area contributed by atoms with Crippen molar-refractivity contribution in [3.63, 3.8) is 0 Å². The number of alkyl halides is 3. The standard InChI is InChI=1S/C17H17F3O3/c18-17(19,20)12-4-2-1-3-11(12)15-13(21)9-16(10-14(15)22)5-7-23-8-6-16/h1-4,15H,5-10H2. The van der Waals surface area contributed by atoms with Crippen molar-refractivity contribution in [2.75, 3.05) is 13.2 Å². The third kappa shape index (κ3) is 3.04. The second kappa shape index (κ2) is 5.74. The van der Waals surface area contributed by atoms with Crippen LogP contribution in [0.4, 0.5) is 13.2 Å². The Bertz CT molecular complexity index is 610. The Hall–Kier alpha value is -1.69. The lowest BCUT2D eigenvalue weighted by atomic mass is 9.64. The van der Waals surface area contributed by atoms with Crippen molar-refractivity contribution >= 4 is 11.6 Å². The Morgan fingerprint density at radius 2 is 1.57 bits per heavy atom. The zero-order chi connectivity index (χ0) is 16.7. The van der Waals surface area contributed by atoms with E-state index in [0.29, 0.717) is 26.1 Å². The summed E-state index contributed by atoms with van der Waals surface area (Å²) in [5, 5.41) is 0. The van der Waals surface area contributed by atoms with E-state index in [2.05, 4.69) is 0 Å². The molecule has 1 spiro atoms. The van der Waals surface area contributed by atoms with Gasteiger partial charge in [0.2, 0.25) is 0 Å². The maximum atomic E-state index is 13.2. The fourth-order valence-electron chi connectivity index (χ4n) is 3.70. The van der Waals surface area contributed by atoms with E-state index < -0.39 is 34.6 Å². The number of Topliss-reactive ketones (excluding diaryl/α,β-unsaturated/α-hetero) is 2. The summed E-state index contributed by atoms with van der Waals surface area (Å²) >= 11 is 0. The molecule has 0 N–H and O–H groups in total. The summed E-state index contributed by atoms with van der Waals surface area (Å²) in [4.78, 5) is 25.1. The number of hydrogen-bond donors (Lipinski definition) is 0. The van der Waals surface area contributed by atoms with Gasteiger partial charge in [-0.1, -0.05) is 18.2 Å². The number of rotatable bonds is 1. The van der Waals surface area contributed by atoms with E-state index in [0.717, 1.165) is 6.07 Å². The Morgan fingerprint density at radius 3 is 2.13 bits per heavy atom. The lowest BCUT2D eigenvalue weighted by Gasteiger charge is -2.41. The van der Waals surface area contributed by atoms with Gasteiger partial charge in [0.15, 0.2) is 0 Å². The minimum Gasteiger partial charge on any atom is -0.381 e. The molecule has 1 heterocycles. The zero-order valence-corrected chi connectivity index (χ0v) is 12.5. The summed E-state index contributed by atoms with van der Waals surface area (Å²) in [6.07, 6.45) is -3.06. The van der Waals surface area contributed by atoms with Crippen LogP contribution >= 0.6 is 0 Å². The molecule has 124 valence electrons. The molecule has 0 bridgehead atoms. The van der Waals surface area contributed by atoms with Gasteiger partial charge < -0.3 is 4.74 Å². The molecule has 0 atom stereocenters. The van der Waals surface area contributed by atoms with Crippen LogP contribution < -0.4 is 0 Å². The Balaban J connectivity index is 1.94. The van der Waals surface area contributed by atoms with E-state index in [-0.39, 0.29) is 18.4 Å². The number of benzene rings is 1. The SMILES string of the molecule is O=C1CC2(CCOCC2)CC(=O)C1c1ccccc1C(F)(F)F. The molecule has 1 aliphatic heterocycles. The Labute approximate surface area is 131 Å². The van der Waals surface area contributed by atoms with E-state index in [1.807, 2.05) is 0 Å². The number of carbonyl (C=O) groups excluding carboxylic acids is 2. The number of ether oxygens (including phenoxy) is 1. The van der Waals surface area contributed by atoms with Gasteiger partial charge in [0.1, 0.15) is 17.5 Å². The summed E-state index contributed by atoms with van der Waals surface area (Å²) in [6, 6.07) is 4.87.